The highest BCUT2D eigenvalue weighted by atomic mass is 16.5. The summed E-state index contributed by atoms with van der Waals surface area (Å²) in [6.45, 7) is 5.39. The number of aryl methyl sites for hydroxylation is 2. The van der Waals surface area contributed by atoms with Gasteiger partial charge in [-0.05, 0) is 31.9 Å². The maximum atomic E-state index is 12.7. The zero-order valence-corrected chi connectivity index (χ0v) is 16.0. The number of nitrogens with one attached hydrogen (secondary N) is 2. The number of benzene rings is 1. The average Bonchev–Trinajstić information content (AvgIpc) is 2.98. The standard InChI is InChI=1S/C21H27N3O3/c1-14-16(15(2)24-23-14)7-8-20(25)22-18-13-21(9-11-26-12-10-21)27-19-6-4-3-5-17(18)19/h3-6,18H,7-13H2,1-2H3,(H,22,25)(H,23,24)/t18-/m1/s1. The third-order valence-electron chi connectivity index (χ3n) is 5.82. The van der Waals surface area contributed by atoms with E-state index in [-0.39, 0.29) is 17.6 Å². The van der Waals surface area contributed by atoms with Gasteiger partial charge in [-0.25, -0.2) is 0 Å². The van der Waals surface area contributed by atoms with Gasteiger partial charge >= 0.3 is 0 Å². The summed E-state index contributed by atoms with van der Waals surface area (Å²) in [5, 5.41) is 10.5. The van der Waals surface area contributed by atoms with Gasteiger partial charge in [-0.2, -0.15) is 5.10 Å². The Morgan fingerprint density at radius 1 is 1.30 bits per heavy atom. The quantitative estimate of drug-likeness (QED) is 0.868. The van der Waals surface area contributed by atoms with Crippen LogP contribution in [0, 0.1) is 13.8 Å². The second-order valence-electron chi connectivity index (χ2n) is 7.67. The van der Waals surface area contributed by atoms with E-state index in [0.717, 1.165) is 47.5 Å². The normalized spacial score (nSPS) is 20.7. The average molecular weight is 369 g/mol. The summed E-state index contributed by atoms with van der Waals surface area (Å²) in [7, 11) is 0. The summed E-state index contributed by atoms with van der Waals surface area (Å²) in [5.74, 6) is 0.955. The van der Waals surface area contributed by atoms with Gasteiger partial charge in [0.15, 0.2) is 0 Å². The lowest BCUT2D eigenvalue weighted by Crippen LogP contribution is -2.48. The molecule has 2 aromatic rings. The van der Waals surface area contributed by atoms with E-state index in [9.17, 15) is 4.79 Å². The van der Waals surface area contributed by atoms with E-state index in [2.05, 4.69) is 21.6 Å². The van der Waals surface area contributed by atoms with E-state index in [1.165, 1.54) is 0 Å². The van der Waals surface area contributed by atoms with Crippen LogP contribution >= 0.6 is 0 Å². The van der Waals surface area contributed by atoms with E-state index in [0.29, 0.717) is 26.1 Å². The Bertz CT molecular complexity index is 804. The van der Waals surface area contributed by atoms with Crippen LogP contribution in [0.4, 0.5) is 0 Å². The lowest BCUT2D eigenvalue weighted by molar-refractivity contribution is -0.123. The number of carbonyl (C=O) groups is 1. The summed E-state index contributed by atoms with van der Waals surface area (Å²) in [6.07, 6.45) is 3.67. The van der Waals surface area contributed by atoms with Crippen molar-refractivity contribution in [2.24, 2.45) is 0 Å². The van der Waals surface area contributed by atoms with Crippen LogP contribution in [-0.4, -0.2) is 34.9 Å². The number of carbonyl (C=O) groups excluding carboxylic acids is 1. The first-order chi connectivity index (χ1) is 13.1. The molecule has 0 unspecified atom stereocenters. The van der Waals surface area contributed by atoms with Crippen LogP contribution in [0.15, 0.2) is 24.3 Å². The molecule has 1 fully saturated rings. The molecule has 6 heteroatoms. The second kappa shape index (κ2) is 7.35. The Hall–Kier alpha value is -2.34. The second-order valence-corrected chi connectivity index (χ2v) is 7.67. The predicted octanol–water partition coefficient (Wildman–Crippen LogP) is 3.15. The summed E-state index contributed by atoms with van der Waals surface area (Å²) in [5.41, 5.74) is 3.98. The molecule has 1 spiro atoms. The fourth-order valence-electron chi connectivity index (χ4n) is 4.24. The monoisotopic (exact) mass is 369 g/mol. The Morgan fingerprint density at radius 3 is 2.81 bits per heavy atom. The van der Waals surface area contributed by atoms with Crippen molar-refractivity contribution in [2.75, 3.05) is 13.2 Å². The minimum absolute atomic E-state index is 0.0212. The molecule has 144 valence electrons. The van der Waals surface area contributed by atoms with Gasteiger partial charge in [-0.3, -0.25) is 9.89 Å². The van der Waals surface area contributed by atoms with Gasteiger partial charge in [0, 0.05) is 36.9 Å². The van der Waals surface area contributed by atoms with Crippen LogP contribution in [0.5, 0.6) is 5.75 Å². The first-order valence-corrected chi connectivity index (χ1v) is 9.72. The lowest BCUT2D eigenvalue weighted by atomic mass is 9.82. The Labute approximate surface area is 159 Å². The Balaban J connectivity index is 1.47. The fraction of sp³-hybridized carbons (Fsp3) is 0.524. The first-order valence-electron chi connectivity index (χ1n) is 9.72. The topological polar surface area (TPSA) is 76.2 Å². The van der Waals surface area contributed by atoms with Crippen LogP contribution < -0.4 is 10.1 Å². The Kier molecular flexibility index (Phi) is 4.91. The van der Waals surface area contributed by atoms with Gasteiger partial charge < -0.3 is 14.8 Å². The van der Waals surface area contributed by atoms with Crippen LogP contribution in [-0.2, 0) is 16.0 Å². The first kappa shape index (κ1) is 18.0. The van der Waals surface area contributed by atoms with Gasteiger partial charge in [-0.1, -0.05) is 18.2 Å². The Morgan fingerprint density at radius 2 is 2.07 bits per heavy atom. The molecule has 2 aliphatic heterocycles. The third-order valence-corrected chi connectivity index (χ3v) is 5.82. The van der Waals surface area contributed by atoms with Crippen molar-refractivity contribution in [1.29, 1.82) is 0 Å². The molecule has 0 aliphatic carbocycles. The SMILES string of the molecule is Cc1n[nH]c(C)c1CCC(=O)N[C@@H]1CC2(CCOCC2)Oc2ccccc21. The van der Waals surface area contributed by atoms with E-state index >= 15 is 0 Å². The van der Waals surface area contributed by atoms with Crippen molar-refractivity contribution in [3.8, 4) is 5.75 Å². The number of ether oxygens (including phenoxy) is 2. The third kappa shape index (κ3) is 3.72. The van der Waals surface area contributed by atoms with Crippen LogP contribution in [0.3, 0.4) is 0 Å². The molecule has 4 rings (SSSR count). The van der Waals surface area contributed by atoms with Gasteiger partial charge in [0.05, 0.1) is 24.9 Å². The minimum atomic E-state index is -0.234. The number of rotatable bonds is 4. The number of nitrogens with zero attached hydrogens (tertiary/aromatic N) is 1. The zero-order valence-electron chi connectivity index (χ0n) is 16.0. The molecule has 27 heavy (non-hydrogen) atoms. The van der Waals surface area contributed by atoms with Gasteiger partial charge in [0.25, 0.3) is 0 Å². The number of amides is 1. The number of hydrogen-bond donors (Lipinski definition) is 2. The van der Waals surface area contributed by atoms with Crippen molar-refractivity contribution in [2.45, 2.75) is 57.6 Å². The molecule has 2 N–H and O–H groups in total. The predicted molar refractivity (Wildman–Crippen MR) is 102 cm³/mol. The van der Waals surface area contributed by atoms with E-state index in [1.54, 1.807) is 0 Å². The smallest absolute Gasteiger partial charge is 0.220 e. The van der Waals surface area contributed by atoms with Crippen LogP contribution in [0.1, 0.15) is 54.2 Å². The molecule has 1 atom stereocenters. The molecule has 0 bridgehead atoms. The van der Waals surface area contributed by atoms with Crippen LogP contribution in [0.2, 0.25) is 0 Å². The van der Waals surface area contributed by atoms with Gasteiger partial charge in [-0.15, -0.1) is 0 Å². The summed E-state index contributed by atoms with van der Waals surface area (Å²) < 4.78 is 11.9. The highest BCUT2D eigenvalue weighted by molar-refractivity contribution is 5.77. The molecule has 6 nitrogen and oxygen atoms in total. The van der Waals surface area contributed by atoms with E-state index in [4.69, 9.17) is 9.47 Å². The molecule has 0 saturated carbocycles. The number of para-hydroxylation sites is 1. The number of aromatic amines is 1. The summed E-state index contributed by atoms with van der Waals surface area (Å²) >= 11 is 0. The molecule has 1 amide bonds. The van der Waals surface area contributed by atoms with E-state index in [1.807, 2.05) is 32.0 Å². The highest BCUT2D eigenvalue weighted by Gasteiger charge is 2.42. The van der Waals surface area contributed by atoms with E-state index < -0.39 is 0 Å². The largest absolute Gasteiger partial charge is 0.487 e. The zero-order chi connectivity index (χ0) is 18.9. The minimum Gasteiger partial charge on any atom is -0.487 e. The number of fused-ring (bicyclic) bond motifs is 1. The number of hydrogen-bond acceptors (Lipinski definition) is 4. The van der Waals surface area contributed by atoms with Crippen molar-refractivity contribution in [3.63, 3.8) is 0 Å². The maximum absolute atomic E-state index is 12.7. The van der Waals surface area contributed by atoms with Crippen LogP contribution in [0.25, 0.3) is 0 Å². The van der Waals surface area contributed by atoms with Crippen molar-refractivity contribution < 1.29 is 14.3 Å². The fourth-order valence-corrected chi connectivity index (χ4v) is 4.24. The van der Waals surface area contributed by atoms with Crippen molar-refractivity contribution in [3.05, 3.63) is 46.8 Å². The maximum Gasteiger partial charge on any atom is 0.220 e. The molecule has 1 aromatic heterocycles. The van der Waals surface area contributed by atoms with Gasteiger partial charge in [0.1, 0.15) is 11.4 Å². The molecule has 0 radical (unpaired) electrons. The van der Waals surface area contributed by atoms with Gasteiger partial charge in [0.2, 0.25) is 5.91 Å². The summed E-state index contributed by atoms with van der Waals surface area (Å²) in [6, 6.07) is 8.02. The summed E-state index contributed by atoms with van der Waals surface area (Å²) in [4.78, 5) is 12.7. The molecular formula is C21H27N3O3. The number of aromatic nitrogens is 2. The molecule has 3 heterocycles. The molecular weight excluding hydrogens is 342 g/mol. The molecule has 1 saturated heterocycles. The van der Waals surface area contributed by atoms with Crippen molar-refractivity contribution >= 4 is 5.91 Å². The lowest BCUT2D eigenvalue weighted by Gasteiger charge is -2.44. The number of H-pyrrole nitrogens is 1. The molecule has 1 aromatic carbocycles. The van der Waals surface area contributed by atoms with Crippen molar-refractivity contribution in [1.82, 2.24) is 15.5 Å². The highest BCUT2D eigenvalue weighted by Crippen LogP contribution is 2.43. The molecule has 2 aliphatic rings.